The highest BCUT2D eigenvalue weighted by Crippen LogP contribution is 2.35. The van der Waals surface area contributed by atoms with Crippen LogP contribution in [0.15, 0.2) is 23.1 Å². The number of hydrogen-bond acceptors (Lipinski definition) is 3. The van der Waals surface area contributed by atoms with Crippen LogP contribution in [-0.2, 0) is 0 Å². The number of rotatable bonds is 3. The molecular weight excluding hydrogens is 208 g/mol. The van der Waals surface area contributed by atoms with Gasteiger partial charge in [0, 0.05) is 16.5 Å². The largest absolute Gasteiger partial charge is 0.454 e. The van der Waals surface area contributed by atoms with Gasteiger partial charge in [-0.2, -0.15) is 0 Å². The molecule has 2 rings (SSSR count). The van der Waals surface area contributed by atoms with Gasteiger partial charge >= 0.3 is 0 Å². The third-order valence-electron chi connectivity index (χ3n) is 1.69. The van der Waals surface area contributed by atoms with Crippen molar-refractivity contribution < 1.29 is 9.47 Å². The Bertz CT molecular complexity index is 304. The van der Waals surface area contributed by atoms with E-state index in [0.717, 1.165) is 17.3 Å². The van der Waals surface area contributed by atoms with E-state index in [2.05, 4.69) is 0 Å². The van der Waals surface area contributed by atoms with Crippen molar-refractivity contribution in [3.63, 3.8) is 0 Å². The number of ether oxygens (including phenoxy) is 2. The van der Waals surface area contributed by atoms with Gasteiger partial charge in [-0.25, -0.2) is 0 Å². The number of thioether (sulfide) groups is 1. The standard InChI is InChI=1S/C9H9ClO2S/c10-3-4-13-7-1-2-8-9(5-7)12-6-11-8/h1-2,5H,3-4,6H2. The second kappa shape index (κ2) is 4.11. The van der Waals surface area contributed by atoms with Crippen LogP contribution in [0.1, 0.15) is 0 Å². The molecule has 0 unspecified atom stereocenters. The molecule has 70 valence electrons. The molecule has 2 nitrogen and oxygen atoms in total. The summed E-state index contributed by atoms with van der Waals surface area (Å²) in [6.45, 7) is 0.332. The molecule has 1 aromatic carbocycles. The van der Waals surface area contributed by atoms with Crippen molar-refractivity contribution in [2.75, 3.05) is 18.4 Å². The summed E-state index contributed by atoms with van der Waals surface area (Å²) in [5.41, 5.74) is 0. The van der Waals surface area contributed by atoms with Crippen LogP contribution in [0.2, 0.25) is 0 Å². The molecule has 4 heteroatoms. The van der Waals surface area contributed by atoms with E-state index in [-0.39, 0.29) is 0 Å². The molecule has 0 spiro atoms. The molecule has 0 saturated carbocycles. The Morgan fingerprint density at radius 3 is 3.00 bits per heavy atom. The lowest BCUT2D eigenvalue weighted by Gasteiger charge is -2.00. The van der Waals surface area contributed by atoms with Gasteiger partial charge in [0.15, 0.2) is 11.5 Å². The fourth-order valence-corrected chi connectivity index (χ4v) is 2.02. The maximum Gasteiger partial charge on any atom is 0.231 e. The van der Waals surface area contributed by atoms with Gasteiger partial charge in [-0.05, 0) is 18.2 Å². The molecule has 1 aliphatic rings. The Morgan fingerprint density at radius 1 is 1.31 bits per heavy atom. The summed E-state index contributed by atoms with van der Waals surface area (Å²) in [6, 6.07) is 5.93. The Morgan fingerprint density at radius 2 is 2.15 bits per heavy atom. The average Bonchev–Trinajstić information content (AvgIpc) is 2.61. The number of alkyl halides is 1. The number of hydrogen-bond donors (Lipinski definition) is 0. The predicted molar refractivity (Wildman–Crippen MR) is 54.0 cm³/mol. The Balaban J connectivity index is 2.12. The molecule has 0 saturated heterocycles. The summed E-state index contributed by atoms with van der Waals surface area (Å²) in [6.07, 6.45) is 0. The summed E-state index contributed by atoms with van der Waals surface area (Å²) in [7, 11) is 0. The van der Waals surface area contributed by atoms with Gasteiger partial charge in [0.25, 0.3) is 0 Å². The lowest BCUT2D eigenvalue weighted by molar-refractivity contribution is 0.174. The fraction of sp³-hybridized carbons (Fsp3) is 0.333. The minimum Gasteiger partial charge on any atom is -0.454 e. The van der Waals surface area contributed by atoms with E-state index in [1.54, 1.807) is 11.8 Å². The van der Waals surface area contributed by atoms with Crippen LogP contribution in [0, 0.1) is 0 Å². The van der Waals surface area contributed by atoms with Crippen molar-refractivity contribution in [2.45, 2.75) is 4.90 Å². The lowest BCUT2D eigenvalue weighted by Crippen LogP contribution is -1.92. The molecule has 0 amide bonds. The highest BCUT2D eigenvalue weighted by molar-refractivity contribution is 7.99. The summed E-state index contributed by atoms with van der Waals surface area (Å²) in [4.78, 5) is 1.17. The van der Waals surface area contributed by atoms with Crippen molar-refractivity contribution in [3.05, 3.63) is 18.2 Å². The molecule has 1 heterocycles. The first-order chi connectivity index (χ1) is 6.40. The fourth-order valence-electron chi connectivity index (χ4n) is 1.12. The molecule has 0 bridgehead atoms. The Labute approximate surface area is 86.2 Å². The van der Waals surface area contributed by atoms with Crippen molar-refractivity contribution in [2.24, 2.45) is 0 Å². The second-order valence-electron chi connectivity index (χ2n) is 2.55. The average molecular weight is 217 g/mol. The van der Waals surface area contributed by atoms with Gasteiger partial charge < -0.3 is 9.47 Å². The monoisotopic (exact) mass is 216 g/mol. The van der Waals surface area contributed by atoms with Crippen LogP contribution >= 0.6 is 23.4 Å². The van der Waals surface area contributed by atoms with E-state index < -0.39 is 0 Å². The zero-order valence-corrected chi connectivity index (χ0v) is 8.53. The summed E-state index contributed by atoms with van der Waals surface area (Å²) < 4.78 is 10.5. The van der Waals surface area contributed by atoms with Gasteiger partial charge in [0.05, 0.1) is 0 Å². The third-order valence-corrected chi connectivity index (χ3v) is 3.10. The molecule has 0 fully saturated rings. The third kappa shape index (κ3) is 2.03. The van der Waals surface area contributed by atoms with Crippen LogP contribution in [0.3, 0.4) is 0 Å². The zero-order chi connectivity index (χ0) is 9.10. The van der Waals surface area contributed by atoms with E-state index in [1.165, 1.54) is 4.90 Å². The lowest BCUT2D eigenvalue weighted by atomic mass is 10.3. The Hall–Kier alpha value is -0.540. The smallest absolute Gasteiger partial charge is 0.231 e. The molecule has 0 atom stereocenters. The van der Waals surface area contributed by atoms with Crippen LogP contribution in [0.5, 0.6) is 11.5 Å². The van der Waals surface area contributed by atoms with E-state index >= 15 is 0 Å². The normalized spacial score (nSPS) is 13.3. The molecule has 0 N–H and O–H groups in total. The van der Waals surface area contributed by atoms with Crippen LogP contribution < -0.4 is 9.47 Å². The highest BCUT2D eigenvalue weighted by Gasteiger charge is 2.12. The minimum absolute atomic E-state index is 0.332. The van der Waals surface area contributed by atoms with Gasteiger partial charge in [0.1, 0.15) is 0 Å². The van der Waals surface area contributed by atoms with E-state index in [0.29, 0.717) is 12.7 Å². The van der Waals surface area contributed by atoms with Crippen LogP contribution in [-0.4, -0.2) is 18.4 Å². The molecule has 0 radical (unpaired) electrons. The van der Waals surface area contributed by atoms with Crippen molar-refractivity contribution in [1.29, 1.82) is 0 Å². The highest BCUT2D eigenvalue weighted by atomic mass is 35.5. The van der Waals surface area contributed by atoms with Crippen molar-refractivity contribution in [3.8, 4) is 11.5 Å². The van der Waals surface area contributed by atoms with E-state index in [4.69, 9.17) is 21.1 Å². The predicted octanol–water partition coefficient (Wildman–Crippen LogP) is 2.75. The first-order valence-corrected chi connectivity index (χ1v) is 5.50. The first-order valence-electron chi connectivity index (χ1n) is 3.98. The maximum atomic E-state index is 5.59. The van der Waals surface area contributed by atoms with Gasteiger partial charge in [-0.1, -0.05) is 0 Å². The second-order valence-corrected chi connectivity index (χ2v) is 4.10. The van der Waals surface area contributed by atoms with Gasteiger partial charge in [0.2, 0.25) is 6.79 Å². The molecule has 1 aliphatic heterocycles. The zero-order valence-electron chi connectivity index (χ0n) is 6.96. The molecule has 0 aromatic heterocycles. The summed E-state index contributed by atoms with van der Waals surface area (Å²) >= 11 is 7.31. The van der Waals surface area contributed by atoms with Crippen LogP contribution in [0.25, 0.3) is 0 Å². The number of benzene rings is 1. The quantitative estimate of drug-likeness (QED) is 0.572. The van der Waals surface area contributed by atoms with E-state index in [1.807, 2.05) is 18.2 Å². The van der Waals surface area contributed by atoms with Gasteiger partial charge in [-0.3, -0.25) is 0 Å². The van der Waals surface area contributed by atoms with E-state index in [9.17, 15) is 0 Å². The Kier molecular flexibility index (Phi) is 2.86. The van der Waals surface area contributed by atoms with Crippen LogP contribution in [0.4, 0.5) is 0 Å². The number of fused-ring (bicyclic) bond motifs is 1. The van der Waals surface area contributed by atoms with Crippen molar-refractivity contribution in [1.82, 2.24) is 0 Å². The summed E-state index contributed by atoms with van der Waals surface area (Å²) in [5, 5.41) is 0. The molecule has 13 heavy (non-hydrogen) atoms. The number of halogens is 1. The molecular formula is C9H9ClO2S. The van der Waals surface area contributed by atoms with Crippen molar-refractivity contribution >= 4 is 23.4 Å². The summed E-state index contributed by atoms with van der Waals surface area (Å²) in [5.74, 6) is 3.25. The van der Waals surface area contributed by atoms with Gasteiger partial charge in [-0.15, -0.1) is 23.4 Å². The maximum absolute atomic E-state index is 5.59. The SMILES string of the molecule is ClCCSc1ccc2c(c1)OCO2. The molecule has 0 aliphatic carbocycles. The minimum atomic E-state index is 0.332. The molecule has 1 aromatic rings. The topological polar surface area (TPSA) is 18.5 Å². The first kappa shape index (κ1) is 9.03.